The third-order valence-corrected chi connectivity index (χ3v) is 8.95. The van der Waals surface area contributed by atoms with E-state index >= 15 is 0 Å². The summed E-state index contributed by atoms with van der Waals surface area (Å²) in [6.45, 7) is 3.71. The quantitative estimate of drug-likeness (QED) is 0.100. The smallest absolute Gasteiger partial charge is 0.203 e. The van der Waals surface area contributed by atoms with Crippen molar-refractivity contribution in [3.05, 3.63) is 101 Å². The van der Waals surface area contributed by atoms with Crippen molar-refractivity contribution < 1.29 is 47.4 Å². The molecule has 0 saturated carbocycles. The van der Waals surface area contributed by atoms with Gasteiger partial charge in [-0.3, -0.25) is 0 Å². The van der Waals surface area contributed by atoms with Crippen molar-refractivity contribution in [3.8, 4) is 40.2 Å². The van der Waals surface area contributed by atoms with Gasteiger partial charge in [0.05, 0.1) is 87.9 Å². The molecule has 0 aromatic heterocycles. The first-order valence-corrected chi connectivity index (χ1v) is 17.4. The first kappa shape index (κ1) is 38.5. The lowest BCUT2D eigenvalue weighted by molar-refractivity contribution is -0.0651. The highest BCUT2D eigenvalue weighted by Crippen LogP contribution is 2.40. The van der Waals surface area contributed by atoms with Gasteiger partial charge in [-0.1, -0.05) is 42.5 Å². The molecule has 1 unspecified atom stereocenters. The third kappa shape index (κ3) is 10.0. The van der Waals surface area contributed by atoms with E-state index in [0.717, 1.165) is 34.4 Å². The molecule has 3 atom stereocenters. The lowest BCUT2D eigenvalue weighted by Gasteiger charge is -2.39. The van der Waals surface area contributed by atoms with Crippen LogP contribution in [-0.2, 0) is 34.0 Å². The van der Waals surface area contributed by atoms with E-state index in [0.29, 0.717) is 80.6 Å². The summed E-state index contributed by atoms with van der Waals surface area (Å²) in [5, 5.41) is 3.53. The van der Waals surface area contributed by atoms with Gasteiger partial charge in [-0.2, -0.15) is 0 Å². The van der Waals surface area contributed by atoms with E-state index in [1.807, 2.05) is 54.6 Å². The molecule has 1 saturated heterocycles. The lowest BCUT2D eigenvalue weighted by atomic mass is 9.85. The van der Waals surface area contributed by atoms with E-state index in [1.165, 1.54) is 0 Å². The van der Waals surface area contributed by atoms with E-state index in [1.54, 1.807) is 42.7 Å². The van der Waals surface area contributed by atoms with Crippen LogP contribution < -0.4 is 38.5 Å². The first-order chi connectivity index (χ1) is 25.5. The van der Waals surface area contributed by atoms with Crippen LogP contribution in [-0.4, -0.2) is 81.2 Å². The van der Waals surface area contributed by atoms with Crippen LogP contribution in [0.1, 0.15) is 34.6 Å². The van der Waals surface area contributed by atoms with Gasteiger partial charge in [-0.15, -0.1) is 0 Å². The Hall–Kier alpha value is -4.68. The van der Waals surface area contributed by atoms with Gasteiger partial charge in [-0.05, 0) is 58.7 Å². The molecule has 5 rings (SSSR count). The van der Waals surface area contributed by atoms with Gasteiger partial charge in [0.25, 0.3) is 0 Å². The maximum atomic E-state index is 6.66. The third-order valence-electron chi connectivity index (χ3n) is 8.95. The summed E-state index contributed by atoms with van der Waals surface area (Å²) in [5.41, 5.74) is 4.04. The zero-order chi connectivity index (χ0) is 36.7. The van der Waals surface area contributed by atoms with Crippen molar-refractivity contribution in [2.24, 2.45) is 0 Å². The predicted octanol–water partition coefficient (Wildman–Crippen LogP) is 6.58. The second kappa shape index (κ2) is 19.8. The van der Waals surface area contributed by atoms with Crippen LogP contribution in [0.25, 0.3) is 0 Å². The van der Waals surface area contributed by atoms with Gasteiger partial charge >= 0.3 is 0 Å². The average Bonchev–Trinajstić information content (AvgIpc) is 3.20. The van der Waals surface area contributed by atoms with Crippen LogP contribution in [0, 0.1) is 0 Å². The van der Waals surface area contributed by atoms with Gasteiger partial charge in [-0.25, -0.2) is 0 Å². The highest BCUT2D eigenvalue weighted by Gasteiger charge is 2.36. The summed E-state index contributed by atoms with van der Waals surface area (Å²) in [6.07, 6.45) is 0.356. The number of ether oxygens (including phenoxy) is 10. The summed E-state index contributed by atoms with van der Waals surface area (Å²) in [6, 6.07) is 26.0. The molecule has 52 heavy (non-hydrogen) atoms. The molecule has 4 aromatic carbocycles. The molecule has 1 aliphatic heterocycles. The Kier molecular flexibility index (Phi) is 14.7. The van der Waals surface area contributed by atoms with Crippen LogP contribution in [0.15, 0.2) is 78.9 Å². The highest BCUT2D eigenvalue weighted by molar-refractivity contribution is 5.54. The van der Waals surface area contributed by atoms with E-state index < -0.39 is 0 Å². The standard InChI is InChI=1S/C41H51NO10/c1-43-33-19-29(20-34(44-2)40(33)47-5)26-51-37-23-42-24-38(52-27-30-21-35(45-3)41(48-6)36(22-30)46-4)39(37)31-13-15-32(16-14-31)50-18-10-17-49-25-28-11-8-7-9-12-28/h7-9,11-16,19-22,37-39,42H,10,17-18,23-27H2,1-6H3/t37-,38+,39?. The Morgan fingerprint density at radius 1 is 0.538 bits per heavy atom. The van der Waals surface area contributed by atoms with E-state index in [4.69, 9.17) is 47.4 Å². The number of methoxy groups -OCH3 is 6. The summed E-state index contributed by atoms with van der Waals surface area (Å²) in [4.78, 5) is 0. The molecule has 0 bridgehead atoms. The van der Waals surface area contributed by atoms with Crippen LogP contribution in [0.4, 0.5) is 0 Å². The van der Waals surface area contributed by atoms with Crippen LogP contribution in [0.3, 0.4) is 0 Å². The molecule has 0 radical (unpaired) electrons. The van der Waals surface area contributed by atoms with Gasteiger partial charge in [0.2, 0.25) is 11.5 Å². The van der Waals surface area contributed by atoms with Crippen molar-refractivity contribution in [3.63, 3.8) is 0 Å². The van der Waals surface area contributed by atoms with Crippen molar-refractivity contribution in [1.29, 1.82) is 0 Å². The molecule has 4 aromatic rings. The number of benzene rings is 4. The molecule has 0 aliphatic carbocycles. The Labute approximate surface area is 306 Å². The van der Waals surface area contributed by atoms with Gasteiger partial charge in [0.1, 0.15) is 5.75 Å². The number of nitrogens with one attached hydrogen (secondary N) is 1. The predicted molar refractivity (Wildman–Crippen MR) is 198 cm³/mol. The normalized spacial score (nSPS) is 16.9. The molecule has 1 heterocycles. The molecule has 11 heteroatoms. The fraction of sp³-hybridized carbons (Fsp3) is 0.415. The van der Waals surface area contributed by atoms with Crippen LogP contribution in [0.5, 0.6) is 40.2 Å². The molecule has 1 aliphatic rings. The average molecular weight is 718 g/mol. The minimum atomic E-state index is -0.216. The molecule has 1 N–H and O–H groups in total. The number of hydrogen-bond acceptors (Lipinski definition) is 11. The zero-order valence-corrected chi connectivity index (χ0v) is 31.0. The SMILES string of the molecule is COc1cc(CO[C@H]2CNC[C@@H](OCc3cc(OC)c(OC)c(OC)c3)C2c2ccc(OCCCOCc3ccccc3)cc2)cc(OC)c1OC. The highest BCUT2D eigenvalue weighted by atomic mass is 16.5. The van der Waals surface area contributed by atoms with Crippen molar-refractivity contribution in [2.75, 3.05) is 69.0 Å². The molecule has 0 spiro atoms. The topological polar surface area (TPSA) is 104 Å². The van der Waals surface area contributed by atoms with Gasteiger partial charge < -0.3 is 52.7 Å². The Morgan fingerprint density at radius 2 is 1.04 bits per heavy atom. The van der Waals surface area contributed by atoms with Crippen LogP contribution >= 0.6 is 0 Å². The molecule has 0 amide bonds. The van der Waals surface area contributed by atoms with Crippen LogP contribution in [0.2, 0.25) is 0 Å². The Bertz CT molecular complexity index is 1540. The van der Waals surface area contributed by atoms with Crippen molar-refractivity contribution in [2.45, 2.75) is 44.4 Å². The zero-order valence-electron chi connectivity index (χ0n) is 31.0. The molecule has 11 nitrogen and oxygen atoms in total. The fourth-order valence-electron chi connectivity index (χ4n) is 6.36. The maximum absolute atomic E-state index is 6.66. The molecular weight excluding hydrogens is 666 g/mol. The summed E-state index contributed by atoms with van der Waals surface area (Å²) < 4.78 is 58.5. The summed E-state index contributed by atoms with van der Waals surface area (Å²) >= 11 is 0. The number of hydrogen-bond donors (Lipinski definition) is 1. The lowest BCUT2D eigenvalue weighted by Crippen LogP contribution is -2.50. The van der Waals surface area contributed by atoms with E-state index in [9.17, 15) is 0 Å². The van der Waals surface area contributed by atoms with E-state index in [2.05, 4.69) is 29.6 Å². The largest absolute Gasteiger partial charge is 0.494 e. The minimum Gasteiger partial charge on any atom is -0.494 e. The Morgan fingerprint density at radius 3 is 1.50 bits per heavy atom. The van der Waals surface area contributed by atoms with Crippen molar-refractivity contribution >= 4 is 0 Å². The van der Waals surface area contributed by atoms with E-state index in [-0.39, 0.29) is 18.1 Å². The summed E-state index contributed by atoms with van der Waals surface area (Å²) in [5.74, 6) is 4.07. The second-order valence-corrected chi connectivity index (χ2v) is 12.3. The second-order valence-electron chi connectivity index (χ2n) is 12.3. The first-order valence-electron chi connectivity index (χ1n) is 17.4. The maximum Gasteiger partial charge on any atom is 0.203 e. The Balaban J connectivity index is 1.29. The van der Waals surface area contributed by atoms with Gasteiger partial charge in [0.15, 0.2) is 23.0 Å². The fourth-order valence-corrected chi connectivity index (χ4v) is 6.36. The minimum absolute atomic E-state index is 0.0919. The molecular formula is C41H51NO10. The van der Waals surface area contributed by atoms with Gasteiger partial charge in [0, 0.05) is 25.4 Å². The molecule has 280 valence electrons. The van der Waals surface area contributed by atoms with Crippen molar-refractivity contribution in [1.82, 2.24) is 5.32 Å². The summed E-state index contributed by atoms with van der Waals surface area (Å²) in [7, 11) is 9.59. The monoisotopic (exact) mass is 717 g/mol. The number of rotatable bonds is 20. The molecule has 1 fully saturated rings. The number of piperidine rings is 1.